The van der Waals surface area contributed by atoms with Gasteiger partial charge in [0.05, 0.1) is 5.69 Å². The number of aromatic nitrogens is 1. The summed E-state index contributed by atoms with van der Waals surface area (Å²) in [4.78, 5) is 11.5. The highest BCUT2D eigenvalue weighted by atomic mass is 16.1. The van der Waals surface area contributed by atoms with E-state index in [1.165, 1.54) is 5.56 Å². The van der Waals surface area contributed by atoms with Crippen LogP contribution in [0, 0.1) is 0 Å². The third-order valence-electron chi connectivity index (χ3n) is 3.47. The molecule has 3 rings (SSSR count). The third kappa shape index (κ3) is 1.95. The Hall–Kier alpha value is -2.35. The number of hydrogen-bond acceptors (Lipinski definition) is 1. The largest absolute Gasteiger partial charge is 0.313 e. The molecular formula is C17H15NO. The van der Waals surface area contributed by atoms with Crippen LogP contribution in [0.5, 0.6) is 0 Å². The molecule has 0 fully saturated rings. The fourth-order valence-corrected chi connectivity index (χ4v) is 2.41. The van der Waals surface area contributed by atoms with E-state index in [2.05, 4.69) is 25.1 Å². The minimum Gasteiger partial charge on any atom is -0.313 e. The predicted octanol–water partition coefficient (Wildman–Crippen LogP) is 3.98. The summed E-state index contributed by atoms with van der Waals surface area (Å²) in [6.07, 6.45) is 3.95. The first-order valence-electron chi connectivity index (χ1n) is 6.48. The Morgan fingerprint density at radius 3 is 2.58 bits per heavy atom. The molecule has 0 unspecified atom stereocenters. The summed E-state index contributed by atoms with van der Waals surface area (Å²) >= 11 is 0. The van der Waals surface area contributed by atoms with Crippen LogP contribution in [0.4, 0.5) is 0 Å². The van der Waals surface area contributed by atoms with Gasteiger partial charge in [-0.25, -0.2) is 0 Å². The molecule has 0 aliphatic heterocycles. The number of carbonyl (C=O) groups excluding carboxylic acids is 1. The zero-order valence-electron chi connectivity index (χ0n) is 10.8. The molecule has 0 amide bonds. The molecule has 19 heavy (non-hydrogen) atoms. The van der Waals surface area contributed by atoms with Crippen molar-refractivity contribution in [2.75, 3.05) is 0 Å². The molecule has 2 aromatic heterocycles. The van der Waals surface area contributed by atoms with Crippen molar-refractivity contribution in [3.8, 4) is 11.1 Å². The van der Waals surface area contributed by atoms with Crippen molar-refractivity contribution in [3.63, 3.8) is 0 Å². The highest BCUT2D eigenvalue weighted by Gasteiger charge is 2.11. The topological polar surface area (TPSA) is 21.5 Å². The Morgan fingerprint density at radius 1 is 1.11 bits per heavy atom. The lowest BCUT2D eigenvalue weighted by Crippen LogP contribution is -1.94. The molecule has 0 N–H and O–H groups in total. The van der Waals surface area contributed by atoms with E-state index in [-0.39, 0.29) is 0 Å². The van der Waals surface area contributed by atoms with Crippen molar-refractivity contribution >= 4 is 11.8 Å². The van der Waals surface area contributed by atoms with Gasteiger partial charge in [-0.05, 0) is 29.7 Å². The Morgan fingerprint density at radius 2 is 1.89 bits per heavy atom. The van der Waals surface area contributed by atoms with Gasteiger partial charge in [-0.1, -0.05) is 43.3 Å². The predicted molar refractivity (Wildman–Crippen MR) is 77.6 cm³/mol. The number of pyridine rings is 1. The summed E-state index contributed by atoms with van der Waals surface area (Å²) < 4.78 is 1.98. The van der Waals surface area contributed by atoms with Gasteiger partial charge in [0.2, 0.25) is 0 Å². The van der Waals surface area contributed by atoms with Crippen LogP contribution >= 0.6 is 0 Å². The van der Waals surface area contributed by atoms with E-state index in [1.54, 1.807) is 0 Å². The van der Waals surface area contributed by atoms with E-state index in [4.69, 9.17) is 0 Å². The number of hydrogen-bond donors (Lipinski definition) is 0. The van der Waals surface area contributed by atoms with E-state index in [9.17, 15) is 4.79 Å². The van der Waals surface area contributed by atoms with Gasteiger partial charge in [0.15, 0.2) is 6.29 Å². The Balaban J connectivity index is 2.29. The number of carbonyl (C=O) groups is 1. The second-order valence-corrected chi connectivity index (χ2v) is 4.61. The highest BCUT2D eigenvalue weighted by Crippen LogP contribution is 2.27. The Labute approximate surface area is 112 Å². The molecule has 0 bridgehead atoms. The summed E-state index contributed by atoms with van der Waals surface area (Å²) in [5.41, 5.74) is 5.07. The molecule has 3 aromatic rings. The van der Waals surface area contributed by atoms with Gasteiger partial charge in [0, 0.05) is 17.3 Å². The third-order valence-corrected chi connectivity index (χ3v) is 3.47. The summed E-state index contributed by atoms with van der Waals surface area (Å²) in [5.74, 6) is 0. The summed E-state index contributed by atoms with van der Waals surface area (Å²) in [5, 5.41) is 0. The van der Waals surface area contributed by atoms with Crippen molar-refractivity contribution in [2.45, 2.75) is 13.3 Å². The second-order valence-electron chi connectivity index (χ2n) is 4.61. The molecule has 2 heteroatoms. The average Bonchev–Trinajstić information content (AvgIpc) is 2.85. The maximum absolute atomic E-state index is 11.5. The van der Waals surface area contributed by atoms with Gasteiger partial charge >= 0.3 is 0 Å². The van der Waals surface area contributed by atoms with Crippen LogP contribution in [0.3, 0.4) is 0 Å². The summed E-state index contributed by atoms with van der Waals surface area (Å²) in [7, 11) is 0. The maximum atomic E-state index is 11.5. The number of aldehydes is 1. The molecular weight excluding hydrogens is 234 g/mol. The quantitative estimate of drug-likeness (QED) is 0.643. The molecule has 94 valence electrons. The molecule has 0 saturated carbocycles. The van der Waals surface area contributed by atoms with Gasteiger partial charge in [-0.15, -0.1) is 0 Å². The molecule has 0 aliphatic carbocycles. The van der Waals surface area contributed by atoms with E-state index >= 15 is 0 Å². The maximum Gasteiger partial charge on any atom is 0.167 e. The molecule has 1 aromatic carbocycles. The van der Waals surface area contributed by atoms with Crippen LogP contribution in [-0.2, 0) is 6.42 Å². The fourth-order valence-electron chi connectivity index (χ4n) is 2.41. The summed E-state index contributed by atoms with van der Waals surface area (Å²) in [6, 6.07) is 16.3. The normalized spacial score (nSPS) is 10.8. The molecule has 0 saturated heterocycles. The number of nitrogens with zero attached hydrogens (tertiary/aromatic N) is 1. The molecule has 0 radical (unpaired) electrons. The van der Waals surface area contributed by atoms with Crippen molar-refractivity contribution in [1.29, 1.82) is 0 Å². The van der Waals surface area contributed by atoms with Crippen molar-refractivity contribution < 1.29 is 4.79 Å². The monoisotopic (exact) mass is 249 g/mol. The SMILES string of the molecule is CCc1ccc2cc(-c3ccccc3)c(C=O)n2c1. The molecule has 0 spiro atoms. The van der Waals surface area contributed by atoms with Gasteiger partial charge in [-0.3, -0.25) is 4.79 Å². The van der Waals surface area contributed by atoms with E-state index in [1.807, 2.05) is 40.9 Å². The number of fused-ring (bicyclic) bond motifs is 1. The highest BCUT2D eigenvalue weighted by molar-refractivity contribution is 5.89. The number of aryl methyl sites for hydroxylation is 1. The summed E-state index contributed by atoms with van der Waals surface area (Å²) in [6.45, 7) is 2.11. The Bertz CT molecular complexity index is 726. The van der Waals surface area contributed by atoms with Crippen molar-refractivity contribution in [3.05, 3.63) is 66.0 Å². The van der Waals surface area contributed by atoms with E-state index in [0.29, 0.717) is 0 Å². The Kier molecular flexibility index (Phi) is 2.92. The van der Waals surface area contributed by atoms with Gasteiger partial charge in [-0.2, -0.15) is 0 Å². The molecule has 0 atom stereocenters. The van der Waals surface area contributed by atoms with Crippen LogP contribution in [-0.4, -0.2) is 10.7 Å². The van der Waals surface area contributed by atoms with Gasteiger partial charge in [0.1, 0.15) is 0 Å². The van der Waals surface area contributed by atoms with Crippen LogP contribution < -0.4 is 0 Å². The average molecular weight is 249 g/mol. The lowest BCUT2D eigenvalue weighted by molar-refractivity contribution is 0.111. The first kappa shape index (κ1) is 11.7. The lowest BCUT2D eigenvalue weighted by atomic mass is 10.1. The van der Waals surface area contributed by atoms with Crippen molar-refractivity contribution in [1.82, 2.24) is 4.40 Å². The molecule has 2 heterocycles. The first-order chi connectivity index (χ1) is 9.33. The second kappa shape index (κ2) is 4.73. The number of rotatable bonds is 3. The van der Waals surface area contributed by atoms with Gasteiger partial charge in [0.25, 0.3) is 0 Å². The number of benzene rings is 1. The minimum atomic E-state index is 0.719. The van der Waals surface area contributed by atoms with Gasteiger partial charge < -0.3 is 4.40 Å². The van der Waals surface area contributed by atoms with Crippen LogP contribution in [0.25, 0.3) is 16.6 Å². The minimum absolute atomic E-state index is 0.719. The molecule has 0 aliphatic rings. The van der Waals surface area contributed by atoms with Crippen LogP contribution in [0.2, 0.25) is 0 Å². The standard InChI is InChI=1S/C17H15NO/c1-2-13-8-9-15-10-16(14-6-4-3-5-7-14)17(12-19)18(15)11-13/h3-12H,2H2,1H3. The zero-order chi connectivity index (χ0) is 13.2. The fraction of sp³-hybridized carbons (Fsp3) is 0.118. The van der Waals surface area contributed by atoms with Crippen molar-refractivity contribution in [2.24, 2.45) is 0 Å². The smallest absolute Gasteiger partial charge is 0.167 e. The van der Waals surface area contributed by atoms with E-state index in [0.717, 1.165) is 35.0 Å². The van der Waals surface area contributed by atoms with Crippen LogP contribution in [0.15, 0.2) is 54.7 Å². The molecule has 2 nitrogen and oxygen atoms in total. The zero-order valence-corrected chi connectivity index (χ0v) is 10.8. The lowest BCUT2D eigenvalue weighted by Gasteiger charge is -2.02. The van der Waals surface area contributed by atoms with E-state index < -0.39 is 0 Å². The first-order valence-corrected chi connectivity index (χ1v) is 6.48. The van der Waals surface area contributed by atoms with Crippen LogP contribution in [0.1, 0.15) is 23.0 Å².